The minimum atomic E-state index is -1.13. The molecule has 0 aliphatic rings. The van der Waals surface area contributed by atoms with Gasteiger partial charge in [-0.2, -0.15) is 0 Å². The van der Waals surface area contributed by atoms with Crippen molar-refractivity contribution in [3.8, 4) is 11.5 Å². The van der Waals surface area contributed by atoms with Gasteiger partial charge in [-0.3, -0.25) is 4.79 Å². The number of aliphatic hydroxyl groups excluding tert-OH is 1. The lowest BCUT2D eigenvalue weighted by Gasteiger charge is -2.11. The summed E-state index contributed by atoms with van der Waals surface area (Å²) in [6.45, 7) is 2.10. The van der Waals surface area contributed by atoms with Crippen molar-refractivity contribution in [3.63, 3.8) is 0 Å². The van der Waals surface area contributed by atoms with Crippen LogP contribution in [0.3, 0.4) is 0 Å². The molecular formula is C22H31NO5S. The Bertz CT molecular complexity index is 761. The van der Waals surface area contributed by atoms with Crippen LogP contribution in [0.4, 0.5) is 0 Å². The van der Waals surface area contributed by atoms with Gasteiger partial charge in [-0.15, -0.1) is 11.3 Å². The molecule has 0 aliphatic heterocycles. The SMILES string of the molecule is CCCCCCCCc1ccc(OCC(=O)c2nc(C(O)OC)cs2)cc1OC. The lowest BCUT2D eigenvalue weighted by atomic mass is 10.0. The number of carbonyl (C=O) groups is 1. The number of ether oxygens (including phenoxy) is 3. The second-order valence-corrected chi connectivity index (χ2v) is 7.73. The van der Waals surface area contributed by atoms with E-state index in [1.165, 1.54) is 39.2 Å². The van der Waals surface area contributed by atoms with Gasteiger partial charge in [0.25, 0.3) is 0 Å². The number of nitrogens with zero attached hydrogens (tertiary/aromatic N) is 1. The van der Waals surface area contributed by atoms with Crippen LogP contribution in [0.2, 0.25) is 0 Å². The maximum atomic E-state index is 12.3. The Kier molecular flexibility index (Phi) is 10.1. The molecule has 0 saturated heterocycles. The summed E-state index contributed by atoms with van der Waals surface area (Å²) in [6, 6.07) is 5.69. The van der Waals surface area contributed by atoms with Crippen LogP contribution in [0.5, 0.6) is 11.5 Å². The Balaban J connectivity index is 1.86. The van der Waals surface area contributed by atoms with Gasteiger partial charge in [-0.1, -0.05) is 45.1 Å². The molecule has 0 spiro atoms. The Morgan fingerprint density at radius 1 is 1.17 bits per heavy atom. The minimum absolute atomic E-state index is 0.129. The largest absolute Gasteiger partial charge is 0.496 e. The predicted molar refractivity (Wildman–Crippen MR) is 114 cm³/mol. The van der Waals surface area contributed by atoms with E-state index in [-0.39, 0.29) is 17.4 Å². The number of ketones is 1. The standard InChI is InChI=1S/C22H31NO5S/c1-4-5-6-7-8-9-10-16-11-12-17(13-20(16)26-2)28-14-19(24)21-23-18(15-29-21)22(25)27-3/h11-13,15,22,25H,4-10,14H2,1-3H3. The topological polar surface area (TPSA) is 77.9 Å². The van der Waals surface area contributed by atoms with E-state index in [1.807, 2.05) is 18.2 Å². The number of thiazole rings is 1. The predicted octanol–water partition coefficient (Wildman–Crippen LogP) is 4.95. The number of hydrogen-bond donors (Lipinski definition) is 1. The van der Waals surface area contributed by atoms with E-state index in [4.69, 9.17) is 14.2 Å². The number of Topliss-reactive ketones (excluding diaryl/α,β-unsaturated/α-hetero) is 1. The summed E-state index contributed by atoms with van der Waals surface area (Å²) in [6.07, 6.45) is 7.36. The first-order valence-corrected chi connectivity index (χ1v) is 11.0. The summed E-state index contributed by atoms with van der Waals surface area (Å²) in [4.78, 5) is 16.4. The van der Waals surface area contributed by atoms with E-state index in [9.17, 15) is 9.90 Å². The number of benzene rings is 1. The number of methoxy groups -OCH3 is 2. The summed E-state index contributed by atoms with van der Waals surface area (Å²) >= 11 is 1.16. The van der Waals surface area contributed by atoms with Crippen LogP contribution in [0.15, 0.2) is 23.6 Å². The van der Waals surface area contributed by atoms with Gasteiger partial charge in [0.2, 0.25) is 5.78 Å². The van der Waals surface area contributed by atoms with Crippen molar-refractivity contribution in [3.05, 3.63) is 39.8 Å². The number of rotatable bonds is 14. The smallest absolute Gasteiger partial charge is 0.228 e. The quantitative estimate of drug-likeness (QED) is 0.264. The van der Waals surface area contributed by atoms with E-state index in [0.717, 1.165) is 35.5 Å². The van der Waals surface area contributed by atoms with Crippen molar-refractivity contribution >= 4 is 17.1 Å². The number of aryl methyl sites for hydroxylation is 1. The zero-order valence-corrected chi connectivity index (χ0v) is 18.3. The molecule has 7 heteroatoms. The minimum Gasteiger partial charge on any atom is -0.496 e. The Labute approximate surface area is 176 Å². The molecule has 0 fully saturated rings. The van der Waals surface area contributed by atoms with Crippen molar-refractivity contribution in [1.82, 2.24) is 4.98 Å². The summed E-state index contributed by atoms with van der Waals surface area (Å²) in [5.41, 5.74) is 1.47. The van der Waals surface area contributed by atoms with Crippen molar-refractivity contribution in [2.75, 3.05) is 20.8 Å². The Morgan fingerprint density at radius 3 is 2.66 bits per heavy atom. The molecule has 1 N–H and O–H groups in total. The Morgan fingerprint density at radius 2 is 1.93 bits per heavy atom. The molecule has 0 aliphatic carbocycles. The molecule has 1 heterocycles. The molecule has 1 unspecified atom stereocenters. The third-order valence-electron chi connectivity index (χ3n) is 4.66. The van der Waals surface area contributed by atoms with E-state index in [2.05, 4.69) is 11.9 Å². The monoisotopic (exact) mass is 421 g/mol. The summed E-state index contributed by atoms with van der Waals surface area (Å²) in [5, 5.41) is 11.5. The number of carbonyl (C=O) groups excluding carboxylic acids is 1. The molecule has 0 saturated carbocycles. The van der Waals surface area contributed by atoms with Crippen LogP contribution in [-0.4, -0.2) is 36.7 Å². The first-order valence-electron chi connectivity index (χ1n) is 10.1. The van der Waals surface area contributed by atoms with Gasteiger partial charge in [0.1, 0.15) is 17.2 Å². The summed E-state index contributed by atoms with van der Waals surface area (Å²) in [7, 11) is 3.02. The van der Waals surface area contributed by atoms with Crippen LogP contribution < -0.4 is 9.47 Å². The lowest BCUT2D eigenvalue weighted by Crippen LogP contribution is -2.12. The fraction of sp³-hybridized carbons (Fsp3) is 0.545. The van der Waals surface area contributed by atoms with Crippen molar-refractivity contribution < 1.29 is 24.1 Å². The van der Waals surface area contributed by atoms with Gasteiger partial charge in [0.05, 0.1) is 7.11 Å². The van der Waals surface area contributed by atoms with Crippen LogP contribution >= 0.6 is 11.3 Å². The molecule has 6 nitrogen and oxygen atoms in total. The summed E-state index contributed by atoms with van der Waals surface area (Å²) in [5.74, 6) is 1.11. The molecule has 0 amide bonds. The van der Waals surface area contributed by atoms with Crippen molar-refractivity contribution in [1.29, 1.82) is 0 Å². The van der Waals surface area contributed by atoms with E-state index in [0.29, 0.717) is 11.4 Å². The Hall–Kier alpha value is -1.96. The van der Waals surface area contributed by atoms with Gasteiger partial charge in [0.15, 0.2) is 17.9 Å². The molecular weight excluding hydrogens is 390 g/mol. The van der Waals surface area contributed by atoms with Crippen molar-refractivity contribution in [2.24, 2.45) is 0 Å². The fourth-order valence-corrected chi connectivity index (χ4v) is 3.73. The molecule has 2 aromatic rings. The average Bonchev–Trinajstić information content (AvgIpc) is 3.24. The molecule has 0 bridgehead atoms. The molecule has 29 heavy (non-hydrogen) atoms. The zero-order chi connectivity index (χ0) is 21.1. The molecule has 2 rings (SSSR count). The van der Waals surface area contributed by atoms with E-state index < -0.39 is 6.29 Å². The maximum absolute atomic E-state index is 12.3. The normalized spacial score (nSPS) is 12.0. The molecule has 160 valence electrons. The molecule has 1 atom stereocenters. The van der Waals surface area contributed by atoms with Crippen LogP contribution in [0.1, 0.15) is 72.8 Å². The van der Waals surface area contributed by atoms with Crippen LogP contribution in [-0.2, 0) is 11.2 Å². The van der Waals surface area contributed by atoms with Gasteiger partial charge >= 0.3 is 0 Å². The maximum Gasteiger partial charge on any atom is 0.228 e. The van der Waals surface area contributed by atoms with Gasteiger partial charge in [-0.05, 0) is 24.5 Å². The molecule has 1 aromatic carbocycles. The number of unbranched alkanes of at least 4 members (excludes halogenated alkanes) is 5. The number of aromatic nitrogens is 1. The van der Waals surface area contributed by atoms with Crippen LogP contribution in [0.25, 0.3) is 0 Å². The van der Waals surface area contributed by atoms with Gasteiger partial charge in [0, 0.05) is 18.6 Å². The lowest BCUT2D eigenvalue weighted by molar-refractivity contribution is -0.0795. The van der Waals surface area contributed by atoms with Crippen molar-refractivity contribution in [2.45, 2.75) is 58.2 Å². The average molecular weight is 422 g/mol. The highest BCUT2D eigenvalue weighted by atomic mass is 32.1. The van der Waals surface area contributed by atoms with E-state index in [1.54, 1.807) is 12.5 Å². The third kappa shape index (κ3) is 7.42. The zero-order valence-electron chi connectivity index (χ0n) is 17.5. The second-order valence-electron chi connectivity index (χ2n) is 6.87. The molecule has 1 aromatic heterocycles. The molecule has 0 radical (unpaired) electrons. The number of aliphatic hydroxyl groups is 1. The van der Waals surface area contributed by atoms with Crippen LogP contribution in [0, 0.1) is 0 Å². The second kappa shape index (κ2) is 12.6. The first kappa shape index (κ1) is 23.3. The van der Waals surface area contributed by atoms with E-state index >= 15 is 0 Å². The highest BCUT2D eigenvalue weighted by Gasteiger charge is 2.16. The first-order chi connectivity index (χ1) is 14.1. The fourth-order valence-electron chi connectivity index (χ4n) is 2.98. The highest BCUT2D eigenvalue weighted by molar-refractivity contribution is 7.11. The van der Waals surface area contributed by atoms with Gasteiger partial charge < -0.3 is 19.3 Å². The highest BCUT2D eigenvalue weighted by Crippen LogP contribution is 2.27. The third-order valence-corrected chi connectivity index (χ3v) is 5.57. The summed E-state index contributed by atoms with van der Waals surface area (Å²) < 4.78 is 15.9. The number of hydrogen-bond acceptors (Lipinski definition) is 7. The van der Waals surface area contributed by atoms with Gasteiger partial charge in [-0.25, -0.2) is 4.98 Å².